The molecule has 0 saturated heterocycles. The number of nitrogens with zero attached hydrogens (tertiary/aromatic N) is 2. The van der Waals surface area contributed by atoms with Gasteiger partial charge in [0.05, 0.1) is 17.9 Å². The zero-order valence-corrected chi connectivity index (χ0v) is 11.8. The van der Waals surface area contributed by atoms with Crippen LogP contribution in [-0.2, 0) is 13.1 Å². The Morgan fingerprint density at radius 2 is 2.10 bits per heavy atom. The smallest absolute Gasteiger partial charge is 0.124 e. The number of aromatic hydroxyl groups is 2. The van der Waals surface area contributed by atoms with E-state index >= 15 is 0 Å². The highest BCUT2D eigenvalue weighted by Crippen LogP contribution is 2.23. The number of hydrogen-bond donors (Lipinski definition) is 3. The summed E-state index contributed by atoms with van der Waals surface area (Å²) in [6.45, 7) is 1.99. The molecule has 0 unspecified atom stereocenters. The Kier molecular flexibility index (Phi) is 5.64. The summed E-state index contributed by atoms with van der Waals surface area (Å²) < 4.78 is 13.8. The zero-order chi connectivity index (χ0) is 13.8. The van der Waals surface area contributed by atoms with Gasteiger partial charge in [0.2, 0.25) is 0 Å². The van der Waals surface area contributed by atoms with Crippen molar-refractivity contribution in [3.05, 3.63) is 35.7 Å². The molecule has 20 heavy (non-hydrogen) atoms. The minimum atomic E-state index is -0.459. The molecule has 1 aromatic heterocycles. The molecule has 5 nitrogen and oxygen atoms in total. The van der Waals surface area contributed by atoms with E-state index in [2.05, 4.69) is 10.4 Å². The van der Waals surface area contributed by atoms with Gasteiger partial charge in [-0.2, -0.15) is 5.10 Å². The number of phenols is 2. The molecular weight excluding hydrogens is 285 g/mol. The zero-order valence-electron chi connectivity index (χ0n) is 11.0. The third-order valence-electron chi connectivity index (χ3n) is 2.80. The van der Waals surface area contributed by atoms with Crippen LogP contribution in [0.15, 0.2) is 24.4 Å². The molecule has 0 aliphatic heterocycles. The molecular formula is C13H17ClFN3O2. The van der Waals surface area contributed by atoms with Crippen molar-refractivity contribution in [2.24, 2.45) is 0 Å². The van der Waals surface area contributed by atoms with E-state index in [1.165, 1.54) is 16.8 Å². The highest BCUT2D eigenvalue weighted by atomic mass is 35.5. The van der Waals surface area contributed by atoms with Crippen molar-refractivity contribution in [2.75, 3.05) is 12.0 Å². The lowest BCUT2D eigenvalue weighted by molar-refractivity contribution is 0.426. The van der Waals surface area contributed by atoms with Gasteiger partial charge in [0.25, 0.3) is 0 Å². The standard InChI is InChI=1S/C13H16FN3O2.ClH/c1-9-12(8-17(16-9)5-4-14)15-7-10-2-3-11(18)6-13(10)19;/h2-3,6,8,15,18-19H,4-5,7H2,1H3;1H. The molecule has 1 heterocycles. The Morgan fingerprint density at radius 1 is 1.35 bits per heavy atom. The van der Waals surface area contributed by atoms with E-state index in [1.54, 1.807) is 12.3 Å². The summed E-state index contributed by atoms with van der Waals surface area (Å²) in [7, 11) is 0. The van der Waals surface area contributed by atoms with Gasteiger partial charge < -0.3 is 15.5 Å². The monoisotopic (exact) mass is 301 g/mol. The van der Waals surface area contributed by atoms with Gasteiger partial charge in [0, 0.05) is 24.4 Å². The summed E-state index contributed by atoms with van der Waals surface area (Å²) in [5.41, 5.74) is 2.23. The molecule has 0 atom stereocenters. The van der Waals surface area contributed by atoms with E-state index in [0.29, 0.717) is 12.1 Å². The first-order valence-corrected chi connectivity index (χ1v) is 5.95. The van der Waals surface area contributed by atoms with Crippen LogP contribution in [0.2, 0.25) is 0 Å². The van der Waals surface area contributed by atoms with Crippen LogP contribution in [-0.4, -0.2) is 26.7 Å². The lowest BCUT2D eigenvalue weighted by atomic mass is 10.2. The van der Waals surface area contributed by atoms with E-state index in [0.717, 1.165) is 11.4 Å². The van der Waals surface area contributed by atoms with Gasteiger partial charge in [-0.25, -0.2) is 4.39 Å². The first kappa shape index (κ1) is 16.1. The Bertz CT molecular complexity index is 575. The Balaban J connectivity index is 0.00000200. The van der Waals surface area contributed by atoms with E-state index in [9.17, 15) is 14.6 Å². The second-order valence-corrected chi connectivity index (χ2v) is 4.25. The number of anilines is 1. The first-order valence-electron chi connectivity index (χ1n) is 5.95. The van der Waals surface area contributed by atoms with Crippen molar-refractivity contribution in [1.29, 1.82) is 0 Å². The van der Waals surface area contributed by atoms with Crippen molar-refractivity contribution in [2.45, 2.75) is 20.0 Å². The third kappa shape index (κ3) is 3.77. The second kappa shape index (κ2) is 7.00. The maximum Gasteiger partial charge on any atom is 0.124 e. The fourth-order valence-corrected chi connectivity index (χ4v) is 1.78. The van der Waals surface area contributed by atoms with E-state index < -0.39 is 6.67 Å². The highest BCUT2D eigenvalue weighted by Gasteiger charge is 2.06. The van der Waals surface area contributed by atoms with Crippen LogP contribution < -0.4 is 5.32 Å². The van der Waals surface area contributed by atoms with Crippen molar-refractivity contribution < 1.29 is 14.6 Å². The number of phenolic OH excluding ortho intramolecular Hbond substituents is 2. The number of aryl methyl sites for hydroxylation is 2. The Morgan fingerprint density at radius 3 is 2.75 bits per heavy atom. The number of rotatable bonds is 5. The number of alkyl halides is 1. The lowest BCUT2D eigenvalue weighted by Crippen LogP contribution is -2.00. The number of aromatic nitrogens is 2. The van der Waals surface area contributed by atoms with Crippen LogP contribution in [0.1, 0.15) is 11.3 Å². The Labute approximate surface area is 122 Å². The normalized spacial score (nSPS) is 10.1. The number of benzene rings is 1. The summed E-state index contributed by atoms with van der Waals surface area (Å²) in [5.74, 6) is 0.0505. The van der Waals surface area contributed by atoms with Crippen LogP contribution in [0.3, 0.4) is 0 Å². The van der Waals surface area contributed by atoms with Crippen molar-refractivity contribution in [1.82, 2.24) is 9.78 Å². The minimum Gasteiger partial charge on any atom is -0.508 e. The molecule has 2 rings (SSSR count). The quantitative estimate of drug-likeness (QED) is 0.794. The molecule has 2 aromatic rings. The van der Waals surface area contributed by atoms with Gasteiger partial charge >= 0.3 is 0 Å². The summed E-state index contributed by atoms with van der Waals surface area (Å²) >= 11 is 0. The predicted molar refractivity (Wildman–Crippen MR) is 77.3 cm³/mol. The molecule has 0 spiro atoms. The molecule has 0 aliphatic carbocycles. The van der Waals surface area contributed by atoms with Gasteiger partial charge in [-0.05, 0) is 19.1 Å². The third-order valence-corrected chi connectivity index (χ3v) is 2.80. The maximum absolute atomic E-state index is 12.2. The minimum absolute atomic E-state index is 0. The van der Waals surface area contributed by atoms with Gasteiger partial charge in [-0.1, -0.05) is 0 Å². The van der Waals surface area contributed by atoms with Crippen LogP contribution in [0.5, 0.6) is 11.5 Å². The number of hydrogen-bond acceptors (Lipinski definition) is 4. The predicted octanol–water partition coefficient (Wildman–Crippen LogP) is 2.61. The molecule has 3 N–H and O–H groups in total. The van der Waals surface area contributed by atoms with E-state index in [1.807, 2.05) is 6.92 Å². The SMILES string of the molecule is Cc1nn(CCF)cc1NCc1ccc(O)cc1O.Cl. The lowest BCUT2D eigenvalue weighted by Gasteiger charge is -2.07. The van der Waals surface area contributed by atoms with E-state index in [-0.39, 0.29) is 30.5 Å². The van der Waals surface area contributed by atoms with Crippen LogP contribution in [0.25, 0.3) is 0 Å². The molecule has 0 radical (unpaired) electrons. The average Bonchev–Trinajstić information content (AvgIpc) is 2.69. The molecule has 0 aliphatic rings. The topological polar surface area (TPSA) is 70.3 Å². The van der Waals surface area contributed by atoms with Crippen molar-refractivity contribution in [3.63, 3.8) is 0 Å². The van der Waals surface area contributed by atoms with Gasteiger partial charge in [0.15, 0.2) is 0 Å². The first-order chi connectivity index (χ1) is 9.10. The molecule has 0 bridgehead atoms. The summed E-state index contributed by atoms with van der Waals surface area (Å²) in [6.07, 6.45) is 1.73. The molecule has 1 aromatic carbocycles. The number of nitrogens with one attached hydrogen (secondary N) is 1. The van der Waals surface area contributed by atoms with Gasteiger partial charge in [-0.3, -0.25) is 4.68 Å². The van der Waals surface area contributed by atoms with Crippen molar-refractivity contribution >= 4 is 18.1 Å². The van der Waals surface area contributed by atoms with E-state index in [4.69, 9.17) is 0 Å². The second-order valence-electron chi connectivity index (χ2n) is 4.25. The highest BCUT2D eigenvalue weighted by molar-refractivity contribution is 5.85. The molecule has 0 saturated carbocycles. The van der Waals surface area contributed by atoms with Crippen LogP contribution in [0.4, 0.5) is 10.1 Å². The van der Waals surface area contributed by atoms with Crippen LogP contribution >= 0.6 is 12.4 Å². The fourth-order valence-electron chi connectivity index (χ4n) is 1.78. The van der Waals surface area contributed by atoms with Gasteiger partial charge in [0.1, 0.15) is 18.2 Å². The summed E-state index contributed by atoms with van der Waals surface area (Å²) in [4.78, 5) is 0. The average molecular weight is 302 g/mol. The molecule has 0 amide bonds. The summed E-state index contributed by atoms with van der Waals surface area (Å²) in [6, 6.07) is 4.44. The largest absolute Gasteiger partial charge is 0.508 e. The Hall–Kier alpha value is -1.95. The van der Waals surface area contributed by atoms with Gasteiger partial charge in [-0.15, -0.1) is 12.4 Å². The number of halogens is 2. The summed E-state index contributed by atoms with van der Waals surface area (Å²) in [5, 5.41) is 26.1. The molecule has 110 valence electrons. The van der Waals surface area contributed by atoms with Crippen LogP contribution in [0, 0.1) is 6.92 Å². The van der Waals surface area contributed by atoms with Crippen molar-refractivity contribution in [3.8, 4) is 11.5 Å². The fraction of sp³-hybridized carbons (Fsp3) is 0.308. The molecule has 0 fully saturated rings. The molecule has 7 heteroatoms. The maximum atomic E-state index is 12.2.